The Labute approximate surface area is 180 Å². The molecule has 0 bridgehead atoms. The zero-order chi connectivity index (χ0) is 22.0. The van der Waals surface area contributed by atoms with Crippen molar-refractivity contribution >= 4 is 15.8 Å². The number of halogens is 1. The number of nitrogens with zero attached hydrogens (tertiary/aromatic N) is 6. The molecule has 2 aromatic heterocycles. The average Bonchev–Trinajstić information content (AvgIpc) is 3.21. The van der Waals surface area contributed by atoms with Crippen LogP contribution >= 0.6 is 0 Å². The van der Waals surface area contributed by atoms with Crippen molar-refractivity contribution in [1.82, 2.24) is 23.8 Å². The molecule has 0 radical (unpaired) electrons. The molecule has 4 rings (SSSR count). The van der Waals surface area contributed by atoms with E-state index in [1.165, 1.54) is 22.8 Å². The van der Waals surface area contributed by atoms with Gasteiger partial charge >= 0.3 is 0 Å². The Morgan fingerprint density at radius 2 is 1.81 bits per heavy atom. The second-order valence-corrected chi connectivity index (χ2v) is 8.93. The van der Waals surface area contributed by atoms with Crippen molar-refractivity contribution in [3.05, 3.63) is 54.6 Å². The highest BCUT2D eigenvalue weighted by atomic mass is 32.2. The number of aromatic nitrogens is 4. The first-order valence-electron chi connectivity index (χ1n) is 9.90. The molecule has 3 aromatic rings. The van der Waals surface area contributed by atoms with Gasteiger partial charge in [-0.05, 0) is 32.0 Å². The molecule has 0 saturated carbocycles. The average molecular weight is 447 g/mol. The first kappa shape index (κ1) is 21.2. The second kappa shape index (κ2) is 8.60. The highest BCUT2D eigenvalue weighted by Crippen LogP contribution is 2.25. The minimum absolute atomic E-state index is 0.0407. The number of hydrogen-bond donors (Lipinski definition) is 0. The first-order chi connectivity index (χ1) is 14.9. The molecular formula is C20H23FN6O3S. The molecular weight excluding hydrogens is 423 g/mol. The summed E-state index contributed by atoms with van der Waals surface area (Å²) in [7, 11) is -3.81. The summed E-state index contributed by atoms with van der Waals surface area (Å²) in [6, 6.07) is 5.58. The topological polar surface area (TPSA) is 93.5 Å². The molecule has 0 N–H and O–H groups in total. The van der Waals surface area contributed by atoms with Crippen LogP contribution in [0.2, 0.25) is 0 Å². The van der Waals surface area contributed by atoms with E-state index in [4.69, 9.17) is 4.74 Å². The van der Waals surface area contributed by atoms with E-state index in [0.29, 0.717) is 31.3 Å². The normalized spacial score (nSPS) is 15.3. The van der Waals surface area contributed by atoms with Crippen LogP contribution in [0.1, 0.15) is 12.7 Å². The molecule has 11 heteroatoms. The second-order valence-electron chi connectivity index (χ2n) is 7.00. The molecule has 1 saturated heterocycles. The van der Waals surface area contributed by atoms with Crippen LogP contribution < -0.4 is 9.64 Å². The summed E-state index contributed by atoms with van der Waals surface area (Å²) >= 11 is 0. The van der Waals surface area contributed by atoms with Gasteiger partial charge in [0.05, 0.1) is 11.5 Å². The Hall–Kier alpha value is -3.05. The number of rotatable bonds is 6. The molecule has 1 aromatic carbocycles. The minimum Gasteiger partial charge on any atom is -0.491 e. The fourth-order valence-electron chi connectivity index (χ4n) is 3.48. The molecule has 31 heavy (non-hydrogen) atoms. The summed E-state index contributed by atoms with van der Waals surface area (Å²) in [5, 5.41) is 0. The molecule has 0 unspecified atom stereocenters. The molecule has 0 amide bonds. The lowest BCUT2D eigenvalue weighted by Gasteiger charge is -2.34. The molecule has 1 fully saturated rings. The highest BCUT2D eigenvalue weighted by Gasteiger charge is 2.30. The van der Waals surface area contributed by atoms with Gasteiger partial charge in [-0.25, -0.2) is 27.8 Å². The summed E-state index contributed by atoms with van der Waals surface area (Å²) in [6.45, 7) is 5.36. The molecule has 164 valence electrons. The fourth-order valence-corrected chi connectivity index (χ4v) is 4.92. The van der Waals surface area contributed by atoms with E-state index in [9.17, 15) is 12.8 Å². The summed E-state index contributed by atoms with van der Waals surface area (Å²) in [6.07, 6.45) is 5.00. The maximum atomic E-state index is 14.2. The fraction of sp³-hybridized carbons (Fsp3) is 0.350. The van der Waals surface area contributed by atoms with Crippen LogP contribution in [-0.2, 0) is 10.0 Å². The molecule has 3 heterocycles. The van der Waals surface area contributed by atoms with Gasteiger partial charge in [0.15, 0.2) is 11.6 Å². The lowest BCUT2D eigenvalue weighted by atomic mass is 10.3. The van der Waals surface area contributed by atoms with Gasteiger partial charge in [0.2, 0.25) is 10.0 Å². The predicted octanol–water partition coefficient (Wildman–Crippen LogP) is 2.02. The predicted molar refractivity (Wildman–Crippen MR) is 112 cm³/mol. The Morgan fingerprint density at radius 3 is 2.45 bits per heavy atom. The Bertz CT molecular complexity index is 1180. The number of ether oxygens (including phenoxy) is 1. The minimum atomic E-state index is -3.81. The van der Waals surface area contributed by atoms with Gasteiger partial charge in [-0.15, -0.1) is 0 Å². The van der Waals surface area contributed by atoms with E-state index in [1.807, 2.05) is 28.7 Å². The van der Waals surface area contributed by atoms with Gasteiger partial charge in [0.1, 0.15) is 23.8 Å². The van der Waals surface area contributed by atoms with Crippen molar-refractivity contribution < 1.29 is 17.5 Å². The zero-order valence-corrected chi connectivity index (χ0v) is 18.1. The molecule has 9 nitrogen and oxygen atoms in total. The lowest BCUT2D eigenvalue weighted by Crippen LogP contribution is -2.49. The van der Waals surface area contributed by atoms with Crippen LogP contribution in [0.5, 0.6) is 5.75 Å². The third kappa shape index (κ3) is 4.23. The van der Waals surface area contributed by atoms with E-state index < -0.39 is 15.8 Å². The van der Waals surface area contributed by atoms with Gasteiger partial charge in [0.25, 0.3) is 0 Å². The summed E-state index contributed by atoms with van der Waals surface area (Å²) in [4.78, 5) is 14.8. The van der Waals surface area contributed by atoms with Gasteiger partial charge < -0.3 is 9.64 Å². The number of hydrogen-bond acceptors (Lipinski definition) is 7. The van der Waals surface area contributed by atoms with E-state index >= 15 is 0 Å². The third-order valence-corrected chi connectivity index (χ3v) is 7.01. The molecule has 0 atom stereocenters. The van der Waals surface area contributed by atoms with Gasteiger partial charge in [-0.2, -0.15) is 4.31 Å². The highest BCUT2D eigenvalue weighted by molar-refractivity contribution is 7.89. The number of benzene rings is 1. The van der Waals surface area contributed by atoms with Crippen LogP contribution in [-0.4, -0.2) is 65.0 Å². The van der Waals surface area contributed by atoms with Crippen molar-refractivity contribution in [3.8, 4) is 11.6 Å². The van der Waals surface area contributed by atoms with Gasteiger partial charge in [-0.1, -0.05) is 0 Å². The van der Waals surface area contributed by atoms with Crippen molar-refractivity contribution in [3.63, 3.8) is 0 Å². The SMILES string of the molecule is CCOc1ccc(S(=O)(=O)N2CCN(c3cc(-n4ccnc4C)ncn3)CC2)cc1F. The zero-order valence-electron chi connectivity index (χ0n) is 17.3. The molecule has 1 aliphatic heterocycles. The Balaban J connectivity index is 1.47. The van der Waals surface area contributed by atoms with Crippen molar-refractivity contribution in [1.29, 1.82) is 0 Å². The summed E-state index contributed by atoms with van der Waals surface area (Å²) < 4.78 is 48.5. The molecule has 0 spiro atoms. The largest absolute Gasteiger partial charge is 0.491 e. The van der Waals surface area contributed by atoms with Crippen LogP contribution in [0.15, 0.2) is 47.9 Å². The van der Waals surface area contributed by atoms with Crippen molar-refractivity contribution in [2.45, 2.75) is 18.7 Å². The van der Waals surface area contributed by atoms with Crippen LogP contribution in [0.3, 0.4) is 0 Å². The van der Waals surface area contributed by atoms with Crippen molar-refractivity contribution in [2.24, 2.45) is 0 Å². The lowest BCUT2D eigenvalue weighted by molar-refractivity contribution is 0.321. The quantitative estimate of drug-likeness (QED) is 0.572. The van der Waals surface area contributed by atoms with Crippen molar-refractivity contribution in [2.75, 3.05) is 37.7 Å². The Morgan fingerprint density at radius 1 is 1.06 bits per heavy atom. The number of piperazine rings is 1. The van der Waals surface area contributed by atoms with Gasteiger partial charge in [0, 0.05) is 44.6 Å². The summed E-state index contributed by atoms with van der Waals surface area (Å²) in [5.74, 6) is 1.56. The van der Waals surface area contributed by atoms with Crippen LogP contribution in [0.4, 0.5) is 10.2 Å². The molecule has 1 aliphatic rings. The number of anilines is 1. The number of imidazole rings is 1. The smallest absolute Gasteiger partial charge is 0.243 e. The number of sulfonamides is 1. The van der Waals surface area contributed by atoms with Crippen LogP contribution in [0.25, 0.3) is 5.82 Å². The van der Waals surface area contributed by atoms with E-state index in [2.05, 4.69) is 15.0 Å². The Kier molecular flexibility index (Phi) is 5.88. The van der Waals surface area contributed by atoms with Crippen LogP contribution in [0, 0.1) is 12.7 Å². The third-order valence-electron chi connectivity index (χ3n) is 5.11. The van der Waals surface area contributed by atoms with Gasteiger partial charge in [-0.3, -0.25) is 4.57 Å². The van der Waals surface area contributed by atoms with E-state index in [0.717, 1.165) is 11.9 Å². The van der Waals surface area contributed by atoms with E-state index in [1.54, 1.807) is 13.1 Å². The molecule has 0 aliphatic carbocycles. The summed E-state index contributed by atoms with van der Waals surface area (Å²) in [5.41, 5.74) is 0. The number of aryl methyl sites for hydroxylation is 1. The monoisotopic (exact) mass is 446 g/mol. The van der Waals surface area contributed by atoms with E-state index in [-0.39, 0.29) is 23.7 Å². The maximum Gasteiger partial charge on any atom is 0.243 e. The standard InChI is InChI=1S/C20H23FN6O3S/c1-3-30-18-5-4-16(12-17(18)21)31(28,29)26-10-8-25(9-11-26)19-13-20(24-14-23-19)27-7-6-22-15(27)2/h4-7,12-14H,3,8-11H2,1-2H3. The maximum absolute atomic E-state index is 14.2. The first-order valence-corrected chi connectivity index (χ1v) is 11.3.